The van der Waals surface area contributed by atoms with Crippen LogP contribution in [0.25, 0.3) is 99.3 Å². The molecule has 8 aromatic carbocycles. The van der Waals surface area contributed by atoms with Crippen molar-refractivity contribution in [2.24, 2.45) is 0 Å². The maximum absolute atomic E-state index is 6.77. The van der Waals surface area contributed by atoms with E-state index in [-0.39, 0.29) is 5.92 Å². The Bertz CT molecular complexity index is 3200. The number of furan rings is 1. The van der Waals surface area contributed by atoms with Gasteiger partial charge in [-0.3, -0.25) is 0 Å². The molecule has 0 amide bonds. The number of benzene rings is 8. The molecular weight excluding hydrogens is 671 g/mol. The lowest BCUT2D eigenvalue weighted by Crippen LogP contribution is -2.08. The van der Waals surface area contributed by atoms with Gasteiger partial charge in [0.25, 0.3) is 0 Å². The van der Waals surface area contributed by atoms with E-state index in [0.717, 1.165) is 78.2 Å². The molecule has 1 aliphatic carbocycles. The van der Waals surface area contributed by atoms with E-state index < -0.39 is 0 Å². The lowest BCUT2D eigenvalue weighted by Gasteiger charge is -2.16. The van der Waals surface area contributed by atoms with Crippen LogP contribution >= 0.6 is 0 Å². The Morgan fingerprint density at radius 2 is 1.11 bits per heavy atom. The van der Waals surface area contributed by atoms with Crippen LogP contribution in [0.4, 0.5) is 0 Å². The average molecular weight is 704 g/mol. The molecule has 0 spiro atoms. The van der Waals surface area contributed by atoms with Crippen molar-refractivity contribution < 1.29 is 4.42 Å². The zero-order chi connectivity index (χ0) is 36.3. The van der Waals surface area contributed by atoms with Crippen LogP contribution in [0.15, 0.2) is 186 Å². The number of allylic oxidation sites excluding steroid dienone is 4. The molecule has 0 fully saturated rings. The van der Waals surface area contributed by atoms with E-state index in [1.54, 1.807) is 0 Å². The number of rotatable bonds is 5. The summed E-state index contributed by atoms with van der Waals surface area (Å²) in [5.74, 6) is 2.20. The van der Waals surface area contributed by atoms with Gasteiger partial charge in [0.05, 0.1) is 0 Å². The molecule has 2 heterocycles. The van der Waals surface area contributed by atoms with E-state index in [4.69, 9.17) is 19.4 Å². The molecule has 4 nitrogen and oxygen atoms in total. The van der Waals surface area contributed by atoms with Gasteiger partial charge >= 0.3 is 0 Å². The van der Waals surface area contributed by atoms with Crippen molar-refractivity contribution in [1.29, 1.82) is 0 Å². The average Bonchev–Trinajstić information content (AvgIpc) is 3.65. The highest BCUT2D eigenvalue weighted by Crippen LogP contribution is 2.44. The third kappa shape index (κ3) is 5.25. The maximum Gasteiger partial charge on any atom is 0.164 e. The first kappa shape index (κ1) is 31.4. The van der Waals surface area contributed by atoms with E-state index in [9.17, 15) is 0 Å². The quantitative estimate of drug-likeness (QED) is 0.179. The van der Waals surface area contributed by atoms with E-state index in [1.807, 2.05) is 0 Å². The fraction of sp³-hybridized carbons (Fsp3) is 0.0392. The van der Waals surface area contributed by atoms with E-state index in [0.29, 0.717) is 11.6 Å². The first-order valence-corrected chi connectivity index (χ1v) is 18.8. The molecular formula is C51H33N3O. The molecule has 4 heteroatoms. The highest BCUT2D eigenvalue weighted by molar-refractivity contribution is 6.19. The van der Waals surface area contributed by atoms with Crippen LogP contribution in [0.1, 0.15) is 18.2 Å². The Morgan fingerprint density at radius 1 is 0.455 bits per heavy atom. The molecule has 258 valence electrons. The first-order valence-electron chi connectivity index (χ1n) is 18.8. The Hall–Kier alpha value is -7.17. The van der Waals surface area contributed by atoms with Crippen LogP contribution in [0, 0.1) is 0 Å². The topological polar surface area (TPSA) is 51.8 Å². The van der Waals surface area contributed by atoms with Crippen molar-refractivity contribution >= 4 is 54.3 Å². The van der Waals surface area contributed by atoms with E-state index in [2.05, 4.69) is 182 Å². The summed E-state index contributed by atoms with van der Waals surface area (Å²) in [7, 11) is 0. The SMILES string of the molecule is C1=CCC(c2nc(-c3ccc4ccccc4c3)nc(-c3ccc(-c4cccc5oc6c(-c7cccc8ccccc78)cccc6c45)c4ccccc34)n2)C=C1. The van der Waals surface area contributed by atoms with Gasteiger partial charge in [0, 0.05) is 33.4 Å². The van der Waals surface area contributed by atoms with E-state index in [1.165, 1.54) is 21.7 Å². The molecule has 0 saturated carbocycles. The van der Waals surface area contributed by atoms with Crippen LogP contribution in [0.3, 0.4) is 0 Å². The summed E-state index contributed by atoms with van der Waals surface area (Å²) in [4.78, 5) is 15.5. The van der Waals surface area contributed by atoms with Gasteiger partial charge in [0.2, 0.25) is 0 Å². The first-order chi connectivity index (χ1) is 27.3. The summed E-state index contributed by atoms with van der Waals surface area (Å²) in [5.41, 5.74) is 8.22. The largest absolute Gasteiger partial charge is 0.455 e. The fourth-order valence-corrected chi connectivity index (χ4v) is 8.38. The van der Waals surface area contributed by atoms with Crippen LogP contribution < -0.4 is 0 Å². The van der Waals surface area contributed by atoms with Crippen LogP contribution in [-0.2, 0) is 0 Å². The summed E-state index contributed by atoms with van der Waals surface area (Å²) in [6, 6.07) is 55.8. The summed E-state index contributed by atoms with van der Waals surface area (Å²) in [5, 5.41) is 9.18. The Kier molecular flexibility index (Phi) is 7.27. The van der Waals surface area contributed by atoms with Crippen molar-refractivity contribution in [3.8, 4) is 45.0 Å². The molecule has 0 saturated heterocycles. The standard InChI is InChI=1S/C51H33N3O/c1-2-15-34(16-3-1)49-52-50(36-28-27-32-13-4-5-17-35(32)31-36)54-51(53-49)44-30-29-41(39-20-8-9-21-40(39)44)42-23-12-26-46-47(42)45-25-11-24-43(48(45)55-46)38-22-10-18-33-14-6-7-19-37(33)38/h1-15,17-31,34H,16H2. The second kappa shape index (κ2) is 12.8. The molecule has 10 aromatic rings. The minimum atomic E-state index is 0.0715. The maximum atomic E-state index is 6.77. The summed E-state index contributed by atoms with van der Waals surface area (Å²) in [6.45, 7) is 0. The predicted molar refractivity (Wildman–Crippen MR) is 227 cm³/mol. The third-order valence-corrected chi connectivity index (χ3v) is 11.0. The molecule has 0 bridgehead atoms. The monoisotopic (exact) mass is 703 g/mol. The normalized spacial score (nSPS) is 14.1. The number of para-hydroxylation sites is 1. The van der Waals surface area contributed by atoms with Crippen molar-refractivity contribution in [3.05, 3.63) is 188 Å². The Morgan fingerprint density at radius 3 is 1.98 bits per heavy atom. The summed E-state index contributed by atoms with van der Waals surface area (Å²) >= 11 is 0. The molecule has 55 heavy (non-hydrogen) atoms. The second-order valence-corrected chi connectivity index (χ2v) is 14.3. The van der Waals surface area contributed by atoms with Gasteiger partial charge < -0.3 is 4.42 Å². The van der Waals surface area contributed by atoms with Gasteiger partial charge in [-0.2, -0.15) is 0 Å². The lowest BCUT2D eigenvalue weighted by atomic mass is 9.91. The zero-order valence-corrected chi connectivity index (χ0v) is 29.9. The van der Waals surface area contributed by atoms with E-state index >= 15 is 0 Å². The van der Waals surface area contributed by atoms with Gasteiger partial charge in [0.15, 0.2) is 11.6 Å². The van der Waals surface area contributed by atoms with Crippen molar-refractivity contribution in [3.63, 3.8) is 0 Å². The van der Waals surface area contributed by atoms with Crippen molar-refractivity contribution in [2.45, 2.75) is 12.3 Å². The van der Waals surface area contributed by atoms with Gasteiger partial charge in [-0.1, -0.05) is 164 Å². The lowest BCUT2D eigenvalue weighted by molar-refractivity contribution is 0.670. The molecule has 11 rings (SSSR count). The highest BCUT2D eigenvalue weighted by Gasteiger charge is 2.21. The molecule has 2 aromatic heterocycles. The minimum Gasteiger partial charge on any atom is -0.455 e. The number of fused-ring (bicyclic) bond motifs is 6. The van der Waals surface area contributed by atoms with Gasteiger partial charge in [0.1, 0.15) is 17.0 Å². The van der Waals surface area contributed by atoms with Crippen molar-refractivity contribution in [2.75, 3.05) is 0 Å². The van der Waals surface area contributed by atoms with Gasteiger partial charge in [-0.25, -0.2) is 15.0 Å². The number of nitrogens with zero attached hydrogens (tertiary/aromatic N) is 3. The van der Waals surface area contributed by atoms with Gasteiger partial charge in [-0.15, -0.1) is 0 Å². The molecule has 1 atom stereocenters. The Balaban J connectivity index is 1.10. The van der Waals surface area contributed by atoms with Gasteiger partial charge in [-0.05, 0) is 73.6 Å². The third-order valence-electron chi connectivity index (χ3n) is 11.0. The second-order valence-electron chi connectivity index (χ2n) is 14.3. The molecule has 1 aliphatic rings. The van der Waals surface area contributed by atoms with Crippen LogP contribution in [0.5, 0.6) is 0 Å². The molecule has 1 unspecified atom stereocenters. The molecule has 0 radical (unpaired) electrons. The minimum absolute atomic E-state index is 0.0715. The number of hydrogen-bond donors (Lipinski definition) is 0. The number of aromatic nitrogens is 3. The summed E-state index contributed by atoms with van der Waals surface area (Å²) in [6.07, 6.45) is 9.39. The zero-order valence-electron chi connectivity index (χ0n) is 29.9. The number of hydrogen-bond acceptors (Lipinski definition) is 4. The predicted octanol–water partition coefficient (Wildman–Crippen LogP) is 13.5. The fourth-order valence-electron chi connectivity index (χ4n) is 8.38. The smallest absolute Gasteiger partial charge is 0.164 e. The van der Waals surface area contributed by atoms with Crippen LogP contribution in [0.2, 0.25) is 0 Å². The highest BCUT2D eigenvalue weighted by atomic mass is 16.3. The Labute approximate surface area is 317 Å². The van der Waals surface area contributed by atoms with Crippen molar-refractivity contribution in [1.82, 2.24) is 15.0 Å². The van der Waals surface area contributed by atoms with Crippen LogP contribution in [-0.4, -0.2) is 15.0 Å². The molecule has 0 aliphatic heterocycles. The molecule has 0 N–H and O–H groups in total. The summed E-state index contributed by atoms with van der Waals surface area (Å²) < 4.78 is 6.77.